The molecule has 1 aromatic carbocycles. The summed E-state index contributed by atoms with van der Waals surface area (Å²) in [5, 5.41) is 11.8. The maximum atomic E-state index is 11.0. The van der Waals surface area contributed by atoms with E-state index in [1.54, 1.807) is 11.3 Å². The van der Waals surface area contributed by atoms with Crippen LogP contribution in [0.4, 0.5) is 5.69 Å². The van der Waals surface area contributed by atoms with Gasteiger partial charge in [-0.05, 0) is 25.5 Å². The minimum absolute atomic E-state index is 0.0793. The Balaban J connectivity index is 2.12. The Morgan fingerprint density at radius 1 is 1.22 bits per heavy atom. The summed E-state index contributed by atoms with van der Waals surface area (Å²) in [6.45, 7) is 3.97. The quantitative estimate of drug-likeness (QED) is 0.530. The van der Waals surface area contributed by atoms with E-state index in [0.29, 0.717) is 11.6 Å². The molecule has 0 radical (unpaired) electrons. The molecule has 8 heteroatoms. The summed E-state index contributed by atoms with van der Waals surface area (Å²) in [5.41, 5.74) is 0.953. The molecule has 2 heterocycles. The molecule has 0 atom stereocenters. The molecule has 0 aliphatic carbocycles. The van der Waals surface area contributed by atoms with Crippen LogP contribution < -0.4 is 9.47 Å². The molecule has 0 aliphatic heterocycles. The molecule has 0 aliphatic rings. The number of nitro groups is 1. The largest absolute Gasteiger partial charge is 0.493 e. The van der Waals surface area contributed by atoms with E-state index in [9.17, 15) is 10.1 Å². The van der Waals surface area contributed by atoms with E-state index < -0.39 is 4.92 Å². The van der Waals surface area contributed by atoms with Gasteiger partial charge in [-0.25, -0.2) is 9.97 Å². The topological polar surface area (TPSA) is 87.4 Å². The van der Waals surface area contributed by atoms with Gasteiger partial charge in [0, 0.05) is 10.9 Å². The summed E-state index contributed by atoms with van der Waals surface area (Å²) in [4.78, 5) is 20.8. The molecule has 0 saturated heterocycles. The van der Waals surface area contributed by atoms with Crippen LogP contribution in [0.2, 0.25) is 0 Å². The number of hydrogen-bond donors (Lipinski definition) is 0. The van der Waals surface area contributed by atoms with Crippen LogP contribution in [0.5, 0.6) is 17.4 Å². The third-order valence-corrected chi connectivity index (χ3v) is 4.61. The number of methoxy groups -OCH3 is 1. The highest BCUT2D eigenvalue weighted by Crippen LogP contribution is 2.39. The number of nitrogens with zero attached hydrogens (tertiary/aromatic N) is 3. The predicted octanol–water partition coefficient (Wildman–Crippen LogP) is 4.02. The fourth-order valence-corrected chi connectivity index (χ4v) is 3.18. The zero-order chi connectivity index (χ0) is 16.6. The summed E-state index contributed by atoms with van der Waals surface area (Å²) in [7, 11) is 1.48. The minimum Gasteiger partial charge on any atom is -0.493 e. The Morgan fingerprint density at radius 3 is 2.70 bits per heavy atom. The van der Waals surface area contributed by atoms with Crippen LogP contribution in [0.3, 0.4) is 0 Å². The number of rotatable bonds is 4. The van der Waals surface area contributed by atoms with E-state index in [0.717, 1.165) is 20.7 Å². The van der Waals surface area contributed by atoms with Gasteiger partial charge in [0.15, 0.2) is 11.5 Å². The van der Waals surface area contributed by atoms with Gasteiger partial charge < -0.3 is 9.47 Å². The van der Waals surface area contributed by atoms with Gasteiger partial charge in [-0.3, -0.25) is 10.1 Å². The molecule has 2 aromatic heterocycles. The summed E-state index contributed by atoms with van der Waals surface area (Å²) in [5.74, 6) is 0.993. The zero-order valence-corrected chi connectivity index (χ0v) is 13.5. The van der Waals surface area contributed by atoms with E-state index in [4.69, 9.17) is 9.47 Å². The summed E-state index contributed by atoms with van der Waals surface area (Å²) in [6, 6.07) is 4.18. The van der Waals surface area contributed by atoms with Crippen molar-refractivity contribution in [2.24, 2.45) is 0 Å². The van der Waals surface area contributed by atoms with Crippen LogP contribution in [-0.4, -0.2) is 22.0 Å². The maximum absolute atomic E-state index is 11.0. The monoisotopic (exact) mass is 331 g/mol. The Bertz CT molecular complexity index is 907. The highest BCUT2D eigenvalue weighted by atomic mass is 32.1. The molecule has 0 amide bonds. The van der Waals surface area contributed by atoms with Crippen LogP contribution in [0, 0.1) is 24.0 Å². The molecule has 3 rings (SSSR count). The van der Waals surface area contributed by atoms with Crippen molar-refractivity contribution in [3.8, 4) is 17.4 Å². The number of hydrogen-bond acceptors (Lipinski definition) is 7. The van der Waals surface area contributed by atoms with Crippen molar-refractivity contribution in [1.82, 2.24) is 9.97 Å². The normalized spacial score (nSPS) is 10.7. The van der Waals surface area contributed by atoms with Crippen molar-refractivity contribution in [2.45, 2.75) is 13.8 Å². The first-order valence-electron chi connectivity index (χ1n) is 6.72. The van der Waals surface area contributed by atoms with Gasteiger partial charge >= 0.3 is 0 Å². The van der Waals surface area contributed by atoms with Crippen LogP contribution in [0.15, 0.2) is 24.5 Å². The van der Waals surface area contributed by atoms with E-state index >= 15 is 0 Å². The molecule has 0 fully saturated rings. The van der Waals surface area contributed by atoms with Crippen molar-refractivity contribution in [3.05, 3.63) is 45.1 Å². The first-order chi connectivity index (χ1) is 11.0. The second-order valence-electron chi connectivity index (χ2n) is 4.84. The van der Waals surface area contributed by atoms with E-state index in [2.05, 4.69) is 9.97 Å². The molecule has 0 bridgehead atoms. The smallest absolute Gasteiger partial charge is 0.273 e. The highest BCUT2D eigenvalue weighted by Gasteiger charge is 2.18. The van der Waals surface area contributed by atoms with Gasteiger partial charge in [-0.1, -0.05) is 0 Å². The number of aromatic nitrogens is 2. The molecule has 0 unspecified atom stereocenters. The highest BCUT2D eigenvalue weighted by molar-refractivity contribution is 7.18. The summed E-state index contributed by atoms with van der Waals surface area (Å²) >= 11 is 1.55. The second-order valence-corrected chi connectivity index (χ2v) is 6.04. The van der Waals surface area contributed by atoms with Crippen molar-refractivity contribution in [1.29, 1.82) is 0 Å². The van der Waals surface area contributed by atoms with Crippen molar-refractivity contribution >= 4 is 27.2 Å². The summed E-state index contributed by atoms with van der Waals surface area (Å²) < 4.78 is 11.0. The molecule has 0 spiro atoms. The van der Waals surface area contributed by atoms with Gasteiger partial charge in [0.1, 0.15) is 11.2 Å². The molecule has 7 nitrogen and oxygen atoms in total. The average Bonchev–Trinajstić information content (AvgIpc) is 2.83. The van der Waals surface area contributed by atoms with Gasteiger partial charge in [-0.2, -0.15) is 0 Å². The van der Waals surface area contributed by atoms with Crippen molar-refractivity contribution in [3.63, 3.8) is 0 Å². The number of thiophene rings is 1. The lowest BCUT2D eigenvalue weighted by Gasteiger charge is -2.10. The standard InChI is InChI=1S/C15H13N3O4S/c1-8-9(2)23-15-13(8)14(16-7-17-15)22-12-6-10(18(19)20)4-5-11(12)21-3/h4-7H,1-3H3. The first-order valence-corrected chi connectivity index (χ1v) is 7.54. The molecule has 0 saturated carbocycles. The van der Waals surface area contributed by atoms with Gasteiger partial charge in [0.2, 0.25) is 5.88 Å². The Hall–Kier alpha value is -2.74. The van der Waals surface area contributed by atoms with Crippen LogP contribution in [-0.2, 0) is 0 Å². The second kappa shape index (κ2) is 5.81. The van der Waals surface area contributed by atoms with Gasteiger partial charge in [0.05, 0.1) is 23.5 Å². The SMILES string of the molecule is COc1ccc([N+](=O)[O-])cc1Oc1ncnc2sc(C)c(C)c12. The molecular weight excluding hydrogens is 318 g/mol. The molecule has 0 N–H and O–H groups in total. The van der Waals surface area contributed by atoms with E-state index in [1.165, 1.54) is 31.6 Å². The Labute approximate surface area is 135 Å². The Kier molecular flexibility index (Phi) is 3.83. The number of ether oxygens (including phenoxy) is 2. The average molecular weight is 331 g/mol. The molecule has 23 heavy (non-hydrogen) atoms. The lowest BCUT2D eigenvalue weighted by atomic mass is 10.2. The van der Waals surface area contributed by atoms with Crippen LogP contribution in [0.1, 0.15) is 10.4 Å². The Morgan fingerprint density at radius 2 is 2.00 bits per heavy atom. The lowest BCUT2D eigenvalue weighted by molar-refractivity contribution is -0.384. The lowest BCUT2D eigenvalue weighted by Crippen LogP contribution is -1.96. The van der Waals surface area contributed by atoms with E-state index in [-0.39, 0.29) is 11.4 Å². The molecule has 118 valence electrons. The van der Waals surface area contributed by atoms with Gasteiger partial charge in [0.25, 0.3) is 5.69 Å². The molecule has 3 aromatic rings. The fraction of sp³-hybridized carbons (Fsp3) is 0.200. The number of aryl methyl sites for hydroxylation is 2. The fourth-order valence-electron chi connectivity index (χ4n) is 2.19. The van der Waals surface area contributed by atoms with Crippen molar-refractivity contribution < 1.29 is 14.4 Å². The predicted molar refractivity (Wildman–Crippen MR) is 86.6 cm³/mol. The van der Waals surface area contributed by atoms with E-state index in [1.807, 2.05) is 13.8 Å². The van der Waals surface area contributed by atoms with Crippen molar-refractivity contribution in [2.75, 3.05) is 7.11 Å². The number of nitro benzene ring substituents is 1. The third-order valence-electron chi connectivity index (χ3n) is 3.50. The third kappa shape index (κ3) is 2.68. The van der Waals surface area contributed by atoms with Gasteiger partial charge in [-0.15, -0.1) is 11.3 Å². The minimum atomic E-state index is -0.484. The zero-order valence-electron chi connectivity index (χ0n) is 12.7. The van der Waals surface area contributed by atoms with Crippen LogP contribution >= 0.6 is 11.3 Å². The molecular formula is C15H13N3O4S. The number of fused-ring (bicyclic) bond motifs is 1. The van der Waals surface area contributed by atoms with Crippen LogP contribution in [0.25, 0.3) is 10.2 Å². The number of non-ortho nitro benzene ring substituents is 1. The maximum Gasteiger partial charge on any atom is 0.273 e. The first kappa shape index (κ1) is 15.2. The number of benzene rings is 1. The summed E-state index contributed by atoms with van der Waals surface area (Å²) in [6.07, 6.45) is 1.41.